The van der Waals surface area contributed by atoms with E-state index < -0.39 is 0 Å². The first-order valence-electron chi connectivity index (χ1n) is 9.35. The van der Waals surface area contributed by atoms with Gasteiger partial charge in [-0.3, -0.25) is 0 Å². The summed E-state index contributed by atoms with van der Waals surface area (Å²) in [7, 11) is 1.97. The smallest absolute Gasteiger partial charge is 0.138 e. The SMILES string of the molecule is CCc1ccc(-c2cc3c(CNC)c(Nc4ccccc4)cnc3[nH]2)cc1. The maximum absolute atomic E-state index is 4.65. The predicted octanol–water partition coefficient (Wildman–Crippen LogP) is 5.26. The van der Waals surface area contributed by atoms with Crippen LogP contribution in [0, 0.1) is 0 Å². The van der Waals surface area contributed by atoms with Gasteiger partial charge in [0.2, 0.25) is 0 Å². The van der Waals surface area contributed by atoms with Crippen molar-refractivity contribution in [2.45, 2.75) is 19.9 Å². The molecule has 2 aromatic carbocycles. The Kier molecular flexibility index (Phi) is 4.90. The molecule has 3 N–H and O–H groups in total. The summed E-state index contributed by atoms with van der Waals surface area (Å²) >= 11 is 0. The molecule has 0 bridgehead atoms. The van der Waals surface area contributed by atoms with Crippen LogP contribution in [0.15, 0.2) is 66.9 Å². The molecule has 4 nitrogen and oxygen atoms in total. The molecule has 0 aliphatic rings. The second kappa shape index (κ2) is 7.64. The second-order valence-corrected chi connectivity index (χ2v) is 6.67. The van der Waals surface area contributed by atoms with Crippen molar-refractivity contribution in [1.29, 1.82) is 0 Å². The number of hydrogen-bond acceptors (Lipinski definition) is 3. The molecule has 4 rings (SSSR count). The molecule has 0 spiro atoms. The fourth-order valence-corrected chi connectivity index (χ4v) is 3.36. The first-order valence-corrected chi connectivity index (χ1v) is 9.35. The van der Waals surface area contributed by atoms with Crippen LogP contribution in [0.4, 0.5) is 11.4 Å². The summed E-state index contributed by atoms with van der Waals surface area (Å²) in [6, 6.07) is 21.1. The van der Waals surface area contributed by atoms with Crippen molar-refractivity contribution in [1.82, 2.24) is 15.3 Å². The zero-order valence-corrected chi connectivity index (χ0v) is 15.7. The van der Waals surface area contributed by atoms with E-state index in [9.17, 15) is 0 Å². The number of anilines is 2. The van der Waals surface area contributed by atoms with E-state index in [4.69, 9.17) is 0 Å². The van der Waals surface area contributed by atoms with Crippen molar-refractivity contribution >= 4 is 22.4 Å². The molecule has 4 aromatic rings. The molecule has 2 aromatic heterocycles. The molecule has 0 unspecified atom stereocenters. The molecule has 4 heteroatoms. The number of nitrogens with zero attached hydrogens (tertiary/aromatic N) is 1. The van der Waals surface area contributed by atoms with E-state index in [2.05, 4.69) is 70.0 Å². The number of hydrogen-bond donors (Lipinski definition) is 3. The highest BCUT2D eigenvalue weighted by Crippen LogP contribution is 2.31. The van der Waals surface area contributed by atoms with Gasteiger partial charge in [0.25, 0.3) is 0 Å². The normalized spacial score (nSPS) is 11.0. The first kappa shape index (κ1) is 17.3. The number of para-hydroxylation sites is 1. The van der Waals surface area contributed by atoms with Gasteiger partial charge in [-0.25, -0.2) is 4.98 Å². The molecular weight excluding hydrogens is 332 g/mol. The van der Waals surface area contributed by atoms with Crippen LogP contribution in [-0.2, 0) is 13.0 Å². The van der Waals surface area contributed by atoms with Gasteiger partial charge in [0.05, 0.1) is 11.9 Å². The van der Waals surface area contributed by atoms with E-state index in [0.717, 1.165) is 41.1 Å². The fourth-order valence-electron chi connectivity index (χ4n) is 3.36. The lowest BCUT2D eigenvalue weighted by Crippen LogP contribution is -2.08. The quantitative estimate of drug-likeness (QED) is 0.442. The van der Waals surface area contributed by atoms with Gasteiger partial charge in [0.1, 0.15) is 5.65 Å². The summed E-state index contributed by atoms with van der Waals surface area (Å²) in [5.41, 5.74) is 7.81. The van der Waals surface area contributed by atoms with E-state index in [1.165, 1.54) is 16.7 Å². The lowest BCUT2D eigenvalue weighted by atomic mass is 10.1. The topological polar surface area (TPSA) is 52.7 Å². The third-order valence-corrected chi connectivity index (χ3v) is 4.85. The molecule has 0 saturated heterocycles. The largest absolute Gasteiger partial charge is 0.354 e. The summed E-state index contributed by atoms with van der Waals surface area (Å²) in [6.45, 7) is 2.94. The van der Waals surface area contributed by atoms with Crippen molar-refractivity contribution in [2.75, 3.05) is 12.4 Å². The van der Waals surface area contributed by atoms with Crippen molar-refractivity contribution in [3.8, 4) is 11.3 Å². The van der Waals surface area contributed by atoms with Gasteiger partial charge in [-0.15, -0.1) is 0 Å². The number of aromatic amines is 1. The van der Waals surface area contributed by atoms with Gasteiger partial charge >= 0.3 is 0 Å². The average Bonchev–Trinajstić information content (AvgIpc) is 3.15. The van der Waals surface area contributed by atoms with Gasteiger partial charge in [-0.05, 0) is 42.8 Å². The number of pyridine rings is 1. The van der Waals surface area contributed by atoms with Crippen molar-refractivity contribution in [3.05, 3.63) is 78.0 Å². The molecule has 0 amide bonds. The minimum absolute atomic E-state index is 0.764. The zero-order valence-electron chi connectivity index (χ0n) is 15.7. The summed E-state index contributed by atoms with van der Waals surface area (Å²) in [6.07, 6.45) is 2.96. The lowest BCUT2D eigenvalue weighted by Gasteiger charge is -2.12. The number of nitrogens with one attached hydrogen (secondary N) is 3. The van der Waals surface area contributed by atoms with Crippen LogP contribution in [0.2, 0.25) is 0 Å². The monoisotopic (exact) mass is 356 g/mol. The maximum Gasteiger partial charge on any atom is 0.138 e. The molecule has 0 aliphatic heterocycles. The van der Waals surface area contributed by atoms with Crippen LogP contribution in [0.3, 0.4) is 0 Å². The maximum atomic E-state index is 4.65. The average molecular weight is 356 g/mol. The predicted molar refractivity (Wildman–Crippen MR) is 113 cm³/mol. The minimum atomic E-state index is 0.764. The molecule has 0 aliphatic carbocycles. The molecule has 0 fully saturated rings. The summed E-state index contributed by atoms with van der Waals surface area (Å²) in [5, 5.41) is 7.92. The number of aryl methyl sites for hydroxylation is 1. The van der Waals surface area contributed by atoms with E-state index in [1.807, 2.05) is 31.4 Å². The molecule has 27 heavy (non-hydrogen) atoms. The van der Waals surface area contributed by atoms with E-state index >= 15 is 0 Å². The van der Waals surface area contributed by atoms with Gasteiger partial charge in [0, 0.05) is 28.9 Å². The van der Waals surface area contributed by atoms with Gasteiger partial charge < -0.3 is 15.6 Å². The highest BCUT2D eigenvalue weighted by Gasteiger charge is 2.12. The number of benzene rings is 2. The van der Waals surface area contributed by atoms with Crippen molar-refractivity contribution in [3.63, 3.8) is 0 Å². The Balaban J connectivity index is 1.76. The Bertz CT molecular complexity index is 1030. The van der Waals surface area contributed by atoms with Crippen molar-refractivity contribution in [2.24, 2.45) is 0 Å². The Hall–Kier alpha value is -3.11. The first-order chi connectivity index (χ1) is 13.3. The van der Waals surface area contributed by atoms with Gasteiger partial charge in [-0.1, -0.05) is 49.4 Å². The lowest BCUT2D eigenvalue weighted by molar-refractivity contribution is 0.824. The van der Waals surface area contributed by atoms with Crippen LogP contribution in [0.5, 0.6) is 0 Å². The molecule has 0 saturated carbocycles. The number of H-pyrrole nitrogens is 1. The minimum Gasteiger partial charge on any atom is -0.354 e. The van der Waals surface area contributed by atoms with Crippen LogP contribution in [-0.4, -0.2) is 17.0 Å². The molecule has 0 radical (unpaired) electrons. The van der Waals surface area contributed by atoms with Crippen LogP contribution in [0.25, 0.3) is 22.3 Å². The third kappa shape index (κ3) is 3.57. The second-order valence-electron chi connectivity index (χ2n) is 6.67. The highest BCUT2D eigenvalue weighted by atomic mass is 14.9. The van der Waals surface area contributed by atoms with E-state index in [-0.39, 0.29) is 0 Å². The van der Waals surface area contributed by atoms with Crippen LogP contribution < -0.4 is 10.6 Å². The molecule has 2 heterocycles. The summed E-state index contributed by atoms with van der Waals surface area (Å²) in [4.78, 5) is 8.13. The standard InChI is InChI=1S/C23H24N4/c1-3-16-9-11-17(12-10-16)21-13-19-20(14-24-2)22(15-25-23(19)27-21)26-18-7-5-4-6-8-18/h4-13,15,24,26H,3,14H2,1-2H3,(H,25,27). The number of aromatic nitrogens is 2. The number of fused-ring (bicyclic) bond motifs is 1. The van der Waals surface area contributed by atoms with Crippen molar-refractivity contribution < 1.29 is 0 Å². The fraction of sp³-hybridized carbons (Fsp3) is 0.174. The Labute approximate surface area is 159 Å². The van der Waals surface area contributed by atoms with E-state index in [1.54, 1.807) is 0 Å². The summed E-state index contributed by atoms with van der Waals surface area (Å²) < 4.78 is 0. The zero-order chi connectivity index (χ0) is 18.6. The van der Waals surface area contributed by atoms with Gasteiger partial charge in [0.15, 0.2) is 0 Å². The Morgan fingerprint density at radius 1 is 1.00 bits per heavy atom. The number of rotatable bonds is 6. The van der Waals surface area contributed by atoms with E-state index in [0.29, 0.717) is 0 Å². The van der Waals surface area contributed by atoms with Crippen LogP contribution >= 0.6 is 0 Å². The molecular formula is C23H24N4. The highest BCUT2D eigenvalue weighted by molar-refractivity contribution is 5.90. The van der Waals surface area contributed by atoms with Crippen LogP contribution in [0.1, 0.15) is 18.1 Å². The summed E-state index contributed by atoms with van der Waals surface area (Å²) in [5.74, 6) is 0. The molecule has 0 atom stereocenters. The Morgan fingerprint density at radius 2 is 1.78 bits per heavy atom. The Morgan fingerprint density at radius 3 is 2.48 bits per heavy atom. The third-order valence-electron chi connectivity index (χ3n) is 4.85. The van der Waals surface area contributed by atoms with Gasteiger partial charge in [-0.2, -0.15) is 0 Å². The molecule has 136 valence electrons.